The first-order valence-electron chi connectivity index (χ1n) is 13.3. The highest BCUT2D eigenvalue weighted by Crippen LogP contribution is 2.34. The summed E-state index contributed by atoms with van der Waals surface area (Å²) < 4.78 is 39.0. The van der Waals surface area contributed by atoms with Crippen LogP contribution >= 0.6 is 0 Å². The van der Waals surface area contributed by atoms with Crippen LogP contribution in [-0.4, -0.2) is 42.5 Å². The van der Waals surface area contributed by atoms with Gasteiger partial charge in [-0.3, -0.25) is 9.36 Å². The number of carbonyl (C=O) groups is 1. The lowest BCUT2D eigenvalue weighted by Gasteiger charge is -2.29. The van der Waals surface area contributed by atoms with Crippen molar-refractivity contribution in [3.05, 3.63) is 77.8 Å². The van der Waals surface area contributed by atoms with Crippen LogP contribution in [0.5, 0.6) is 5.75 Å². The summed E-state index contributed by atoms with van der Waals surface area (Å²) in [4.78, 5) is 19.0. The summed E-state index contributed by atoms with van der Waals surface area (Å²) in [6, 6.07) is 12.5. The van der Waals surface area contributed by atoms with Crippen LogP contribution in [0, 0.1) is 18.7 Å². The zero-order valence-electron chi connectivity index (χ0n) is 22.4. The summed E-state index contributed by atoms with van der Waals surface area (Å²) in [5, 5.41) is 6.65. The van der Waals surface area contributed by atoms with Gasteiger partial charge in [0, 0.05) is 67.2 Å². The normalized spacial score (nSPS) is 22.1. The van der Waals surface area contributed by atoms with Crippen LogP contribution in [0.3, 0.4) is 0 Å². The molecule has 0 saturated carbocycles. The number of nitrogens with zero attached hydrogens (tertiary/aromatic N) is 3. The van der Waals surface area contributed by atoms with E-state index in [4.69, 9.17) is 4.74 Å². The van der Waals surface area contributed by atoms with Crippen molar-refractivity contribution in [3.63, 3.8) is 0 Å². The lowest BCUT2D eigenvalue weighted by molar-refractivity contribution is 0.0912. The first kappa shape index (κ1) is 26.6. The molecule has 204 valence electrons. The Kier molecular flexibility index (Phi) is 7.79. The smallest absolute Gasteiger partial charge is 0.231 e. The maximum Gasteiger partial charge on any atom is 0.231 e. The highest BCUT2D eigenvalue weighted by molar-refractivity contribution is 6.07. The van der Waals surface area contributed by atoms with Crippen molar-refractivity contribution in [2.45, 2.75) is 33.6 Å². The molecule has 9 heteroatoms. The maximum atomic E-state index is 16.0. The molecule has 0 spiro atoms. The molecule has 1 aromatic heterocycles. The minimum absolute atomic E-state index is 0.0120. The lowest BCUT2D eigenvalue weighted by atomic mass is 10.0. The van der Waals surface area contributed by atoms with Gasteiger partial charge in [-0.2, -0.15) is 4.39 Å². The number of piperazine rings is 1. The van der Waals surface area contributed by atoms with Gasteiger partial charge in [0.15, 0.2) is 17.4 Å². The number of hydrogen-bond acceptors (Lipinski definition) is 6. The number of aromatic nitrogens is 1. The zero-order chi connectivity index (χ0) is 27.5. The Bertz CT molecular complexity index is 1470. The number of aliphatic imine (C=N–C) groups is 1. The van der Waals surface area contributed by atoms with Crippen LogP contribution in [0.25, 0.3) is 10.9 Å². The molecule has 0 aliphatic carbocycles. The van der Waals surface area contributed by atoms with Gasteiger partial charge in [0.1, 0.15) is 5.76 Å². The Balaban J connectivity index is 1.43. The largest absolute Gasteiger partial charge is 0.455 e. The molecule has 3 aromatic rings. The second-order valence-corrected chi connectivity index (χ2v) is 9.87. The molecular formula is C30H33F2N5O2. The molecule has 2 aromatic carbocycles. The van der Waals surface area contributed by atoms with Gasteiger partial charge in [-0.15, -0.1) is 0 Å². The zero-order valence-corrected chi connectivity index (χ0v) is 22.4. The van der Waals surface area contributed by atoms with E-state index in [2.05, 4.69) is 20.5 Å². The fourth-order valence-electron chi connectivity index (χ4n) is 4.98. The molecule has 1 atom stereocenters. The molecule has 1 saturated heterocycles. The molecule has 5 rings (SSSR count). The lowest BCUT2D eigenvalue weighted by Crippen LogP contribution is -2.43. The van der Waals surface area contributed by atoms with E-state index in [9.17, 15) is 4.79 Å². The number of allylic oxidation sites excluding steroid dienone is 2. The van der Waals surface area contributed by atoms with E-state index in [1.54, 1.807) is 32.2 Å². The standard InChI is InChI=1S/C30H33F2N5O2/c1-4-26(38)37-20(3)18-23-24(37)11-12-25(27(23)31)39-29-19(2)6-5-13-34-30(28(29)32)35-21-7-9-22(10-8-21)36-16-14-33-15-17-36/h5,7-13,18-19,33H,4,6,14-17H2,1-3H3,(H,34,35)/b13-5+,29-28-. The van der Waals surface area contributed by atoms with Gasteiger partial charge in [-0.25, -0.2) is 9.38 Å². The van der Waals surface area contributed by atoms with Crippen molar-refractivity contribution in [1.29, 1.82) is 0 Å². The molecule has 2 N–H and O–H groups in total. The van der Waals surface area contributed by atoms with Gasteiger partial charge in [-0.1, -0.05) is 19.9 Å². The highest BCUT2D eigenvalue weighted by Gasteiger charge is 2.25. The number of rotatable bonds is 5. The van der Waals surface area contributed by atoms with Crippen molar-refractivity contribution in [2.75, 3.05) is 36.4 Å². The average molecular weight is 534 g/mol. The number of benzene rings is 2. The number of aryl methyl sites for hydroxylation is 1. The number of halogens is 2. The Hall–Kier alpha value is -3.98. The summed E-state index contributed by atoms with van der Waals surface area (Å²) in [6.45, 7) is 9.08. The van der Waals surface area contributed by atoms with Crippen LogP contribution in [-0.2, 0) is 0 Å². The topological polar surface area (TPSA) is 70.9 Å². The van der Waals surface area contributed by atoms with Gasteiger partial charge in [0.05, 0.1) is 5.52 Å². The van der Waals surface area contributed by atoms with Crippen LogP contribution in [0.1, 0.15) is 37.2 Å². The maximum absolute atomic E-state index is 16.0. The summed E-state index contributed by atoms with van der Waals surface area (Å²) in [5.74, 6) is -1.96. The Morgan fingerprint density at radius 1 is 1.15 bits per heavy atom. The summed E-state index contributed by atoms with van der Waals surface area (Å²) in [5.41, 5.74) is 2.87. The summed E-state index contributed by atoms with van der Waals surface area (Å²) in [6.07, 6.45) is 4.16. The van der Waals surface area contributed by atoms with Gasteiger partial charge in [0.2, 0.25) is 11.7 Å². The molecular weight excluding hydrogens is 500 g/mol. The van der Waals surface area contributed by atoms with Gasteiger partial charge in [0.25, 0.3) is 0 Å². The average Bonchev–Trinajstić information content (AvgIpc) is 3.30. The quantitative estimate of drug-likeness (QED) is 0.410. The number of fused-ring (bicyclic) bond motifs is 1. The molecule has 0 amide bonds. The van der Waals surface area contributed by atoms with Crippen molar-refractivity contribution in [2.24, 2.45) is 10.9 Å². The first-order valence-corrected chi connectivity index (χ1v) is 13.3. The van der Waals surface area contributed by atoms with Crippen molar-refractivity contribution < 1.29 is 18.3 Å². The SMILES string of the molecule is CCC(=O)n1c(C)cc2c(F)c(O/C3=C(F)/C(Nc4ccc(N5CCNCC5)cc4)=N/C=C/CC3C)ccc21. The summed E-state index contributed by atoms with van der Waals surface area (Å²) >= 11 is 0. The molecule has 39 heavy (non-hydrogen) atoms. The number of carbonyl (C=O) groups excluding carboxylic acids is 1. The highest BCUT2D eigenvalue weighted by atomic mass is 19.1. The van der Waals surface area contributed by atoms with E-state index in [0.29, 0.717) is 29.7 Å². The summed E-state index contributed by atoms with van der Waals surface area (Å²) in [7, 11) is 0. The van der Waals surface area contributed by atoms with Crippen LogP contribution in [0.4, 0.5) is 20.2 Å². The molecule has 3 heterocycles. The third-order valence-electron chi connectivity index (χ3n) is 7.12. The van der Waals surface area contributed by atoms with Crippen molar-refractivity contribution in [1.82, 2.24) is 9.88 Å². The Labute approximate surface area is 226 Å². The van der Waals surface area contributed by atoms with E-state index in [0.717, 1.165) is 31.9 Å². The monoisotopic (exact) mass is 533 g/mol. The number of anilines is 2. The predicted molar refractivity (Wildman–Crippen MR) is 152 cm³/mol. The number of ether oxygens (including phenoxy) is 1. The number of hydrogen-bond donors (Lipinski definition) is 2. The predicted octanol–water partition coefficient (Wildman–Crippen LogP) is 6.17. The van der Waals surface area contributed by atoms with E-state index >= 15 is 8.78 Å². The number of nitrogens with one attached hydrogen (secondary N) is 2. The van der Waals surface area contributed by atoms with E-state index in [-0.39, 0.29) is 34.6 Å². The fraction of sp³-hybridized carbons (Fsp3) is 0.333. The second kappa shape index (κ2) is 11.4. The van der Waals surface area contributed by atoms with E-state index < -0.39 is 11.6 Å². The molecule has 0 bridgehead atoms. The molecule has 2 aliphatic heterocycles. The third kappa shape index (κ3) is 5.45. The first-order chi connectivity index (χ1) is 18.9. The molecule has 0 radical (unpaired) electrons. The van der Waals surface area contributed by atoms with Gasteiger partial charge in [-0.05, 0) is 55.8 Å². The molecule has 7 nitrogen and oxygen atoms in total. The molecule has 1 fully saturated rings. The van der Waals surface area contributed by atoms with E-state index in [1.807, 2.05) is 37.3 Å². The van der Waals surface area contributed by atoms with Crippen LogP contribution in [0.15, 0.2) is 71.3 Å². The third-order valence-corrected chi connectivity index (χ3v) is 7.12. The van der Waals surface area contributed by atoms with Crippen LogP contribution in [0.2, 0.25) is 0 Å². The Morgan fingerprint density at radius 3 is 2.62 bits per heavy atom. The minimum Gasteiger partial charge on any atom is -0.455 e. The van der Waals surface area contributed by atoms with Gasteiger partial charge >= 0.3 is 0 Å². The van der Waals surface area contributed by atoms with E-state index in [1.165, 1.54) is 10.6 Å². The second-order valence-electron chi connectivity index (χ2n) is 9.87. The molecule has 2 aliphatic rings. The number of amidine groups is 1. The van der Waals surface area contributed by atoms with Gasteiger partial charge < -0.3 is 20.3 Å². The fourth-order valence-corrected chi connectivity index (χ4v) is 4.98. The van der Waals surface area contributed by atoms with Crippen LogP contribution < -0.4 is 20.3 Å². The Morgan fingerprint density at radius 2 is 1.90 bits per heavy atom. The van der Waals surface area contributed by atoms with Crippen molar-refractivity contribution >= 4 is 34.0 Å². The molecule has 1 unspecified atom stereocenters. The van der Waals surface area contributed by atoms with Crippen molar-refractivity contribution in [3.8, 4) is 5.75 Å². The minimum atomic E-state index is -0.688.